The van der Waals surface area contributed by atoms with Gasteiger partial charge in [0, 0.05) is 19.6 Å². The predicted molar refractivity (Wildman–Crippen MR) is 160 cm³/mol. The first kappa shape index (κ1) is 40.4. The summed E-state index contributed by atoms with van der Waals surface area (Å²) in [5, 5.41) is 0. The third kappa shape index (κ3) is 31.9. The van der Waals surface area contributed by atoms with Crippen LogP contribution in [0.1, 0.15) is 156 Å². The molecule has 0 aliphatic heterocycles. The Bertz CT molecular complexity index is 382. The highest BCUT2D eigenvalue weighted by Gasteiger charge is 2.20. The van der Waals surface area contributed by atoms with Crippen LogP contribution in [0.3, 0.4) is 0 Å². The van der Waals surface area contributed by atoms with Crippen molar-refractivity contribution in [3.05, 3.63) is 12.7 Å². The second-order valence-corrected chi connectivity index (χ2v) is 11.1. The van der Waals surface area contributed by atoms with E-state index in [1.807, 2.05) is 6.08 Å². The maximum Gasteiger partial charge on any atom is 0.139 e. The molecule has 0 saturated heterocycles. The molecule has 0 amide bonds. The van der Waals surface area contributed by atoms with E-state index < -0.39 is 0 Å². The Hall–Kier alpha value is -0.0900. The monoisotopic (exact) mass is 533 g/mol. The smallest absolute Gasteiger partial charge is 0.139 e. The number of unbranched alkanes of at least 4 members (excludes halogenated alkanes) is 19. The van der Waals surface area contributed by atoms with Gasteiger partial charge in [-0.25, -0.2) is 0 Å². The van der Waals surface area contributed by atoms with Crippen molar-refractivity contribution in [2.24, 2.45) is 5.73 Å². The van der Waals surface area contributed by atoms with Gasteiger partial charge in [-0.2, -0.15) is 0 Å². The molecule has 0 heterocycles. The third-order valence-electron chi connectivity index (χ3n) is 7.26. The molecule has 0 fully saturated rings. The van der Waals surface area contributed by atoms with Crippen molar-refractivity contribution in [3.63, 3.8) is 0 Å². The first-order chi connectivity index (χ1) is 17.0. The molecule has 0 bridgehead atoms. The highest BCUT2D eigenvalue weighted by molar-refractivity contribution is 4.65. The molecule has 4 heteroatoms. The fourth-order valence-electron chi connectivity index (χ4n) is 4.57. The van der Waals surface area contributed by atoms with Gasteiger partial charge in [0.05, 0.1) is 20.6 Å². The van der Waals surface area contributed by atoms with E-state index in [0.717, 1.165) is 30.7 Å². The highest BCUT2D eigenvalue weighted by atomic mass is 35.5. The van der Waals surface area contributed by atoms with Crippen molar-refractivity contribution >= 4 is 0 Å². The highest BCUT2D eigenvalue weighted by Crippen LogP contribution is 2.14. The minimum absolute atomic E-state index is 0. The van der Waals surface area contributed by atoms with E-state index in [4.69, 9.17) is 10.5 Å². The number of hydrogen-bond donors (Lipinski definition) is 1. The van der Waals surface area contributed by atoms with Gasteiger partial charge in [0.25, 0.3) is 0 Å². The van der Waals surface area contributed by atoms with Gasteiger partial charge < -0.3 is 21.6 Å². The van der Waals surface area contributed by atoms with Crippen molar-refractivity contribution in [3.8, 4) is 0 Å². The van der Waals surface area contributed by atoms with E-state index in [1.165, 1.54) is 128 Å². The fourth-order valence-corrected chi connectivity index (χ4v) is 4.57. The van der Waals surface area contributed by atoms with E-state index in [2.05, 4.69) is 41.4 Å². The summed E-state index contributed by atoms with van der Waals surface area (Å²) in [7, 11) is 4.24. The van der Waals surface area contributed by atoms with Crippen molar-refractivity contribution in [2.45, 2.75) is 162 Å². The molecule has 0 aromatic rings. The van der Waals surface area contributed by atoms with Crippen LogP contribution in [0.4, 0.5) is 0 Å². The summed E-state index contributed by atoms with van der Waals surface area (Å²) in [5.41, 5.74) is 5.86. The summed E-state index contributed by atoms with van der Waals surface area (Å²) < 4.78 is 6.20. The van der Waals surface area contributed by atoms with Gasteiger partial charge in [-0.1, -0.05) is 142 Å². The topological polar surface area (TPSA) is 35.2 Å². The summed E-state index contributed by atoms with van der Waals surface area (Å²) in [5.74, 6) is 0. The van der Waals surface area contributed by atoms with Crippen LogP contribution in [0, 0.1) is 0 Å². The molecule has 2 N–H and O–H groups in total. The van der Waals surface area contributed by atoms with Gasteiger partial charge in [0.2, 0.25) is 0 Å². The number of rotatable bonds is 26. The summed E-state index contributed by atoms with van der Waals surface area (Å²) in [4.78, 5) is 0. The van der Waals surface area contributed by atoms with Crippen LogP contribution in [-0.4, -0.2) is 44.5 Å². The molecule has 0 aromatic carbocycles. The largest absolute Gasteiger partial charge is 1.00 e. The molecule has 0 saturated carbocycles. The molecule has 0 aliphatic carbocycles. The molecule has 0 aliphatic rings. The molecule has 3 nitrogen and oxygen atoms in total. The predicted octanol–water partition coefficient (Wildman–Crippen LogP) is 6.79. The van der Waals surface area contributed by atoms with Crippen molar-refractivity contribution in [1.82, 2.24) is 0 Å². The first-order valence-corrected chi connectivity index (χ1v) is 15.7. The molecular formula is C32H69ClN2O. The summed E-state index contributed by atoms with van der Waals surface area (Å²) in [6, 6.07) is 0. The average Bonchev–Trinajstić information content (AvgIpc) is 2.84. The molecule has 0 spiro atoms. The molecular weight excluding hydrogens is 464 g/mol. The van der Waals surface area contributed by atoms with Crippen molar-refractivity contribution in [1.29, 1.82) is 0 Å². The van der Waals surface area contributed by atoms with Crippen LogP contribution in [0.2, 0.25) is 0 Å². The van der Waals surface area contributed by atoms with Crippen LogP contribution < -0.4 is 18.1 Å². The van der Waals surface area contributed by atoms with Crippen molar-refractivity contribution < 1.29 is 21.6 Å². The number of nitrogens with zero attached hydrogens (tertiary/aromatic N) is 1. The number of halogens is 1. The van der Waals surface area contributed by atoms with Crippen molar-refractivity contribution in [2.75, 3.05) is 33.9 Å². The van der Waals surface area contributed by atoms with Crippen LogP contribution >= 0.6 is 0 Å². The van der Waals surface area contributed by atoms with Crippen LogP contribution in [0.5, 0.6) is 0 Å². The number of quaternary nitrogens is 1. The summed E-state index contributed by atoms with van der Waals surface area (Å²) in [6.07, 6.45) is 32.1. The fraction of sp³-hybridized carbons (Fsp3) is 0.938. The molecule has 0 radical (unpaired) electrons. The molecule has 0 rings (SSSR count). The third-order valence-corrected chi connectivity index (χ3v) is 7.26. The summed E-state index contributed by atoms with van der Waals surface area (Å²) >= 11 is 0. The lowest BCUT2D eigenvalue weighted by atomic mass is 10.0. The van der Waals surface area contributed by atoms with E-state index >= 15 is 0 Å². The molecule has 0 aromatic heterocycles. The summed E-state index contributed by atoms with van der Waals surface area (Å²) in [6.45, 7) is 13.0. The lowest BCUT2D eigenvalue weighted by Crippen LogP contribution is -3.00. The minimum atomic E-state index is 0. The Morgan fingerprint density at radius 1 is 0.639 bits per heavy atom. The number of ether oxygens (including phenoxy) is 1. The Kier molecular flexibility index (Phi) is 37.0. The Morgan fingerprint density at radius 3 is 1.25 bits per heavy atom. The Morgan fingerprint density at radius 2 is 0.972 bits per heavy atom. The lowest BCUT2D eigenvalue weighted by Gasteiger charge is -2.34. The van der Waals surface area contributed by atoms with Gasteiger partial charge in [-0.3, -0.25) is 5.73 Å². The molecule has 1 atom stereocenters. The number of hydrogen-bond acceptors (Lipinski definition) is 2. The van der Waals surface area contributed by atoms with E-state index in [-0.39, 0.29) is 18.6 Å². The molecule has 1 unspecified atom stereocenters. The van der Waals surface area contributed by atoms with E-state index in [1.54, 1.807) is 0 Å². The Balaban J connectivity index is -0.000000834. The van der Waals surface area contributed by atoms with Crippen LogP contribution in [0.15, 0.2) is 12.7 Å². The van der Waals surface area contributed by atoms with Crippen LogP contribution in [0.25, 0.3) is 0 Å². The van der Waals surface area contributed by atoms with Gasteiger partial charge in [0.15, 0.2) is 0 Å². The van der Waals surface area contributed by atoms with Crippen LogP contribution in [-0.2, 0) is 4.74 Å². The average molecular weight is 533 g/mol. The molecule has 36 heavy (non-hydrogen) atoms. The number of likely N-dealkylation sites (N-methyl/N-ethyl adjacent to an activating group) is 1. The van der Waals surface area contributed by atoms with Gasteiger partial charge in [-0.05, 0) is 19.4 Å². The number of nitrogens with two attached hydrogens (primary N) is 1. The van der Waals surface area contributed by atoms with E-state index in [9.17, 15) is 0 Å². The zero-order valence-electron chi connectivity index (χ0n) is 25.6. The second kappa shape index (κ2) is 32.9. The maximum atomic E-state index is 5.86. The zero-order valence-corrected chi connectivity index (χ0v) is 26.4. The van der Waals surface area contributed by atoms with Gasteiger partial charge >= 0.3 is 0 Å². The van der Waals surface area contributed by atoms with E-state index in [0.29, 0.717) is 0 Å². The maximum absolute atomic E-state index is 5.86. The zero-order chi connectivity index (χ0) is 26.5. The normalized spacial score (nSPS) is 11.9. The second-order valence-electron chi connectivity index (χ2n) is 11.1. The standard InChI is InChI=1S/C24H50O.C8H19N2.ClH/c1-3-5-6-7-8-9-10-11-12-13-14-15-16-17-18-19-20-21-22-23-24-25-4-2;1-5-7-10(3,4)8(9)6-2;/h3-24H2,1-2H3;5,8H,1,6-7,9H2,2-4H3;1H/q;+1;/p-1. The minimum Gasteiger partial charge on any atom is -1.00 e. The van der Waals surface area contributed by atoms with Gasteiger partial charge in [-0.15, -0.1) is 0 Å². The first-order valence-electron chi connectivity index (χ1n) is 15.7. The lowest BCUT2D eigenvalue weighted by molar-refractivity contribution is -0.909. The Labute approximate surface area is 235 Å². The SMILES string of the molecule is C=CC[N+](C)(C)C(N)CC.CCCCCCCCCCCCCCCCCCCCCCOCC.[Cl-]. The van der Waals surface area contributed by atoms with Gasteiger partial charge in [0.1, 0.15) is 6.17 Å². The molecule has 220 valence electrons. The quantitative estimate of drug-likeness (QED) is 0.0575.